The lowest BCUT2D eigenvalue weighted by atomic mass is 9.84. The van der Waals surface area contributed by atoms with E-state index in [1.807, 2.05) is 19.2 Å². The monoisotopic (exact) mass is 250 g/mol. The first kappa shape index (κ1) is 13.5. The van der Waals surface area contributed by atoms with Crippen LogP contribution in [0.2, 0.25) is 0 Å². The third-order valence-corrected chi connectivity index (χ3v) is 3.96. The minimum absolute atomic E-state index is 0.0658. The lowest BCUT2D eigenvalue weighted by Gasteiger charge is -2.41. The van der Waals surface area contributed by atoms with E-state index in [1.54, 1.807) is 12.1 Å². The van der Waals surface area contributed by atoms with Crippen LogP contribution in [0.4, 0.5) is 4.39 Å². The van der Waals surface area contributed by atoms with Crippen LogP contribution in [-0.2, 0) is 0 Å². The number of nitrogens with zero attached hydrogens (tertiary/aromatic N) is 1. The quantitative estimate of drug-likeness (QED) is 0.884. The van der Waals surface area contributed by atoms with Crippen LogP contribution in [0.1, 0.15) is 31.4 Å². The maximum Gasteiger partial charge on any atom is 0.127 e. The van der Waals surface area contributed by atoms with Gasteiger partial charge in [0, 0.05) is 11.6 Å². The Morgan fingerprint density at radius 1 is 1.39 bits per heavy atom. The molecule has 3 heteroatoms. The van der Waals surface area contributed by atoms with E-state index in [0.29, 0.717) is 5.92 Å². The summed E-state index contributed by atoms with van der Waals surface area (Å²) in [6.45, 7) is 5.18. The Labute approximate surface area is 109 Å². The molecule has 0 amide bonds. The molecule has 2 rings (SSSR count). The summed E-state index contributed by atoms with van der Waals surface area (Å²) in [5.74, 6) is 0.435. The van der Waals surface area contributed by atoms with Crippen LogP contribution in [0.3, 0.4) is 0 Å². The van der Waals surface area contributed by atoms with Gasteiger partial charge in [0.2, 0.25) is 0 Å². The van der Waals surface area contributed by atoms with Gasteiger partial charge in [-0.25, -0.2) is 4.39 Å². The third kappa shape index (κ3) is 2.73. The van der Waals surface area contributed by atoms with Crippen LogP contribution >= 0.6 is 0 Å². The first-order chi connectivity index (χ1) is 8.77. The standard InChI is InChI=1S/C15H23FN2/c1-3-18-10-6-7-12(11-17-2)15(18)13-8-4-5-9-14(13)16/h4-5,8-9,12,15,17H,3,6-7,10-11H2,1-2H3. The number of rotatable bonds is 4. The first-order valence-electron chi connectivity index (χ1n) is 6.91. The summed E-state index contributed by atoms with van der Waals surface area (Å²) in [7, 11) is 1.98. The number of piperidine rings is 1. The van der Waals surface area contributed by atoms with E-state index in [-0.39, 0.29) is 11.9 Å². The maximum atomic E-state index is 14.1. The van der Waals surface area contributed by atoms with E-state index < -0.39 is 0 Å². The Balaban J connectivity index is 2.30. The smallest absolute Gasteiger partial charge is 0.127 e. The summed E-state index contributed by atoms with van der Waals surface area (Å²) < 4.78 is 14.1. The van der Waals surface area contributed by atoms with Gasteiger partial charge < -0.3 is 5.32 Å². The van der Waals surface area contributed by atoms with Crippen LogP contribution in [0.25, 0.3) is 0 Å². The molecule has 1 fully saturated rings. The van der Waals surface area contributed by atoms with Crippen molar-refractivity contribution < 1.29 is 4.39 Å². The fourth-order valence-corrected chi connectivity index (χ4v) is 3.15. The van der Waals surface area contributed by atoms with Gasteiger partial charge in [0.25, 0.3) is 0 Å². The summed E-state index contributed by atoms with van der Waals surface area (Å²) in [4.78, 5) is 2.41. The molecular weight excluding hydrogens is 227 g/mol. The fraction of sp³-hybridized carbons (Fsp3) is 0.600. The van der Waals surface area contributed by atoms with Gasteiger partial charge in [0.1, 0.15) is 5.82 Å². The summed E-state index contributed by atoms with van der Waals surface area (Å²) in [5.41, 5.74) is 0.860. The van der Waals surface area contributed by atoms with Crippen LogP contribution in [-0.4, -0.2) is 31.6 Å². The highest BCUT2D eigenvalue weighted by molar-refractivity contribution is 5.23. The molecule has 2 unspecified atom stereocenters. The highest BCUT2D eigenvalue weighted by Crippen LogP contribution is 2.36. The minimum Gasteiger partial charge on any atom is -0.319 e. The summed E-state index contributed by atoms with van der Waals surface area (Å²) in [6, 6.07) is 7.45. The van der Waals surface area contributed by atoms with E-state index >= 15 is 0 Å². The molecule has 1 saturated heterocycles. The van der Waals surface area contributed by atoms with Crippen molar-refractivity contribution in [2.45, 2.75) is 25.8 Å². The molecule has 18 heavy (non-hydrogen) atoms. The maximum absolute atomic E-state index is 14.1. The molecule has 1 aromatic carbocycles. The highest BCUT2D eigenvalue weighted by Gasteiger charge is 2.32. The van der Waals surface area contributed by atoms with Crippen LogP contribution < -0.4 is 5.32 Å². The molecule has 0 spiro atoms. The Hall–Kier alpha value is -0.930. The molecule has 0 saturated carbocycles. The van der Waals surface area contributed by atoms with Crippen molar-refractivity contribution in [3.05, 3.63) is 35.6 Å². The number of likely N-dealkylation sites (tertiary alicyclic amines) is 1. The van der Waals surface area contributed by atoms with E-state index in [4.69, 9.17) is 0 Å². The van der Waals surface area contributed by atoms with Gasteiger partial charge in [-0.1, -0.05) is 25.1 Å². The molecule has 0 aliphatic carbocycles. The second kappa shape index (κ2) is 6.30. The largest absolute Gasteiger partial charge is 0.319 e. The molecule has 1 N–H and O–H groups in total. The second-order valence-electron chi connectivity index (χ2n) is 5.05. The van der Waals surface area contributed by atoms with Crippen molar-refractivity contribution in [2.24, 2.45) is 5.92 Å². The molecule has 1 aliphatic heterocycles. The Bertz CT molecular complexity index is 379. The van der Waals surface area contributed by atoms with Gasteiger partial charge in [0.15, 0.2) is 0 Å². The van der Waals surface area contributed by atoms with Gasteiger partial charge in [-0.2, -0.15) is 0 Å². The number of nitrogens with one attached hydrogen (secondary N) is 1. The second-order valence-corrected chi connectivity index (χ2v) is 5.05. The van der Waals surface area contributed by atoms with Crippen LogP contribution in [0.5, 0.6) is 0 Å². The van der Waals surface area contributed by atoms with Crippen molar-refractivity contribution in [3.8, 4) is 0 Å². The van der Waals surface area contributed by atoms with E-state index in [9.17, 15) is 4.39 Å². The molecule has 1 heterocycles. The summed E-state index contributed by atoms with van der Waals surface area (Å²) in [5, 5.41) is 3.25. The topological polar surface area (TPSA) is 15.3 Å². The number of hydrogen-bond acceptors (Lipinski definition) is 2. The zero-order valence-electron chi connectivity index (χ0n) is 11.3. The average molecular weight is 250 g/mol. The molecule has 0 aromatic heterocycles. The molecule has 2 atom stereocenters. The van der Waals surface area contributed by atoms with Crippen molar-refractivity contribution in [3.63, 3.8) is 0 Å². The van der Waals surface area contributed by atoms with Gasteiger partial charge in [-0.15, -0.1) is 0 Å². The predicted octanol–water partition coefficient (Wildman–Crippen LogP) is 2.82. The van der Waals surface area contributed by atoms with Gasteiger partial charge >= 0.3 is 0 Å². The van der Waals surface area contributed by atoms with E-state index in [2.05, 4.69) is 17.1 Å². The van der Waals surface area contributed by atoms with Crippen molar-refractivity contribution in [1.82, 2.24) is 10.2 Å². The molecular formula is C15H23FN2. The Kier molecular flexibility index (Phi) is 4.72. The predicted molar refractivity (Wildman–Crippen MR) is 73.0 cm³/mol. The molecule has 1 aliphatic rings. The fourth-order valence-electron chi connectivity index (χ4n) is 3.15. The zero-order valence-corrected chi connectivity index (χ0v) is 11.3. The lowest BCUT2D eigenvalue weighted by Crippen LogP contribution is -2.42. The SMILES string of the molecule is CCN1CCCC(CNC)C1c1ccccc1F. The van der Waals surface area contributed by atoms with Crippen molar-refractivity contribution in [2.75, 3.05) is 26.7 Å². The van der Waals surface area contributed by atoms with E-state index in [1.165, 1.54) is 12.8 Å². The summed E-state index contributed by atoms with van der Waals surface area (Å²) >= 11 is 0. The van der Waals surface area contributed by atoms with E-state index in [0.717, 1.165) is 25.2 Å². The van der Waals surface area contributed by atoms with Crippen molar-refractivity contribution in [1.29, 1.82) is 0 Å². The molecule has 2 nitrogen and oxygen atoms in total. The summed E-state index contributed by atoms with van der Waals surface area (Å²) in [6.07, 6.45) is 2.39. The Morgan fingerprint density at radius 2 is 2.17 bits per heavy atom. The lowest BCUT2D eigenvalue weighted by molar-refractivity contribution is 0.0954. The molecule has 0 bridgehead atoms. The number of halogens is 1. The van der Waals surface area contributed by atoms with Crippen molar-refractivity contribution >= 4 is 0 Å². The number of benzene rings is 1. The first-order valence-corrected chi connectivity index (χ1v) is 6.91. The number of hydrogen-bond donors (Lipinski definition) is 1. The Morgan fingerprint density at radius 3 is 2.83 bits per heavy atom. The molecule has 1 aromatic rings. The van der Waals surface area contributed by atoms with Crippen LogP contribution in [0.15, 0.2) is 24.3 Å². The van der Waals surface area contributed by atoms with Gasteiger partial charge in [-0.05, 0) is 51.5 Å². The normalized spacial score (nSPS) is 25.3. The van der Waals surface area contributed by atoms with Crippen LogP contribution in [0, 0.1) is 11.7 Å². The minimum atomic E-state index is -0.0658. The van der Waals surface area contributed by atoms with Gasteiger partial charge in [0.05, 0.1) is 0 Å². The van der Waals surface area contributed by atoms with Gasteiger partial charge in [-0.3, -0.25) is 4.90 Å². The third-order valence-electron chi connectivity index (χ3n) is 3.96. The average Bonchev–Trinajstić information content (AvgIpc) is 2.40. The molecule has 0 radical (unpaired) electrons. The zero-order chi connectivity index (χ0) is 13.0. The highest BCUT2D eigenvalue weighted by atomic mass is 19.1. The molecule has 100 valence electrons.